The molecule has 4 nitrogen and oxygen atoms in total. The summed E-state index contributed by atoms with van der Waals surface area (Å²) >= 11 is 0. The summed E-state index contributed by atoms with van der Waals surface area (Å²) < 4.78 is 11.7. The molecule has 1 rings (SSSR count). The standard InChI is InChI=1S/C20H33NO3/c1-4-6-8-10-14-23-18-12-13-20(19(16-18)17(3)21-22)24-15-11-9-7-5-2/h12-13,16,22H,4-11,14-15H2,1-3H3/b21-17+. The molecule has 0 heterocycles. The van der Waals surface area contributed by atoms with Crippen LogP contribution in [0.1, 0.15) is 77.7 Å². The van der Waals surface area contributed by atoms with Gasteiger partial charge in [-0.15, -0.1) is 0 Å². The van der Waals surface area contributed by atoms with Crippen molar-refractivity contribution in [2.45, 2.75) is 72.1 Å². The molecule has 1 aromatic carbocycles. The minimum atomic E-state index is 0.537. The maximum absolute atomic E-state index is 9.11. The van der Waals surface area contributed by atoms with Gasteiger partial charge in [-0.3, -0.25) is 0 Å². The van der Waals surface area contributed by atoms with Crippen molar-refractivity contribution in [1.82, 2.24) is 0 Å². The van der Waals surface area contributed by atoms with Gasteiger partial charge in [0.1, 0.15) is 11.5 Å². The molecule has 0 aliphatic carbocycles. The Bertz CT molecular complexity index is 486. The van der Waals surface area contributed by atoms with E-state index in [0.29, 0.717) is 18.9 Å². The second-order valence-corrected chi connectivity index (χ2v) is 6.16. The molecule has 0 aromatic heterocycles. The maximum atomic E-state index is 9.11. The molecule has 1 aromatic rings. The van der Waals surface area contributed by atoms with Gasteiger partial charge >= 0.3 is 0 Å². The van der Waals surface area contributed by atoms with Gasteiger partial charge in [0.15, 0.2) is 0 Å². The highest BCUT2D eigenvalue weighted by Gasteiger charge is 2.10. The van der Waals surface area contributed by atoms with E-state index in [1.165, 1.54) is 38.5 Å². The summed E-state index contributed by atoms with van der Waals surface area (Å²) in [6, 6.07) is 5.73. The SMILES string of the molecule is CCCCCCOc1ccc(OCCCCCC)c(/C(C)=N/O)c1. The molecule has 0 radical (unpaired) electrons. The van der Waals surface area contributed by atoms with Crippen LogP contribution in [0.25, 0.3) is 0 Å². The number of rotatable bonds is 13. The first-order valence-electron chi connectivity index (χ1n) is 9.31. The zero-order valence-corrected chi connectivity index (χ0v) is 15.5. The first-order valence-corrected chi connectivity index (χ1v) is 9.31. The Labute approximate surface area is 146 Å². The van der Waals surface area contributed by atoms with Crippen molar-refractivity contribution in [1.29, 1.82) is 0 Å². The van der Waals surface area contributed by atoms with Crippen LogP contribution in [-0.2, 0) is 0 Å². The van der Waals surface area contributed by atoms with Crippen LogP contribution in [0.2, 0.25) is 0 Å². The van der Waals surface area contributed by atoms with Crippen LogP contribution >= 0.6 is 0 Å². The summed E-state index contributed by atoms with van der Waals surface area (Å²) in [4.78, 5) is 0. The molecule has 0 atom stereocenters. The van der Waals surface area contributed by atoms with E-state index in [1.54, 1.807) is 6.92 Å². The predicted molar refractivity (Wildman–Crippen MR) is 99.7 cm³/mol. The molecule has 0 bridgehead atoms. The van der Waals surface area contributed by atoms with Crippen LogP contribution in [0.4, 0.5) is 0 Å². The molecular formula is C20H33NO3. The Hall–Kier alpha value is -1.71. The van der Waals surface area contributed by atoms with Crippen molar-refractivity contribution in [2.24, 2.45) is 5.16 Å². The van der Waals surface area contributed by atoms with Gasteiger partial charge in [-0.1, -0.05) is 57.5 Å². The molecule has 0 aliphatic rings. The van der Waals surface area contributed by atoms with Gasteiger partial charge in [-0.2, -0.15) is 0 Å². The van der Waals surface area contributed by atoms with Crippen LogP contribution in [0.15, 0.2) is 23.4 Å². The molecule has 4 heteroatoms. The largest absolute Gasteiger partial charge is 0.494 e. The Balaban J connectivity index is 2.61. The van der Waals surface area contributed by atoms with Crippen molar-refractivity contribution in [3.8, 4) is 11.5 Å². The number of oxime groups is 1. The lowest BCUT2D eigenvalue weighted by molar-refractivity contribution is 0.295. The number of unbranched alkanes of at least 4 members (excludes halogenated alkanes) is 6. The zero-order valence-electron chi connectivity index (χ0n) is 15.5. The van der Waals surface area contributed by atoms with E-state index in [0.717, 1.165) is 29.9 Å². The number of ether oxygens (including phenoxy) is 2. The summed E-state index contributed by atoms with van der Waals surface area (Å²) in [6.45, 7) is 7.56. The average molecular weight is 335 g/mol. The lowest BCUT2D eigenvalue weighted by Gasteiger charge is -2.13. The third kappa shape index (κ3) is 7.71. The molecular weight excluding hydrogens is 302 g/mol. The second kappa shape index (κ2) is 12.7. The molecule has 0 saturated heterocycles. The van der Waals surface area contributed by atoms with Crippen LogP contribution in [0.3, 0.4) is 0 Å². The van der Waals surface area contributed by atoms with E-state index in [4.69, 9.17) is 14.7 Å². The molecule has 1 N–H and O–H groups in total. The predicted octanol–water partition coefficient (Wildman–Crippen LogP) is 5.80. The summed E-state index contributed by atoms with van der Waals surface area (Å²) in [6.07, 6.45) is 9.39. The lowest BCUT2D eigenvalue weighted by atomic mass is 10.1. The highest BCUT2D eigenvalue weighted by molar-refractivity contribution is 6.01. The van der Waals surface area contributed by atoms with Crippen molar-refractivity contribution < 1.29 is 14.7 Å². The molecule has 136 valence electrons. The fraction of sp³-hybridized carbons (Fsp3) is 0.650. The smallest absolute Gasteiger partial charge is 0.128 e. The van der Waals surface area contributed by atoms with E-state index in [1.807, 2.05) is 18.2 Å². The fourth-order valence-electron chi connectivity index (χ4n) is 2.49. The van der Waals surface area contributed by atoms with Gasteiger partial charge in [-0.25, -0.2) is 0 Å². The first kappa shape index (κ1) is 20.3. The molecule has 0 amide bonds. The van der Waals surface area contributed by atoms with Gasteiger partial charge in [0.25, 0.3) is 0 Å². The highest BCUT2D eigenvalue weighted by Crippen LogP contribution is 2.26. The summed E-state index contributed by atoms with van der Waals surface area (Å²) in [5.74, 6) is 1.54. The molecule has 0 unspecified atom stereocenters. The van der Waals surface area contributed by atoms with Crippen molar-refractivity contribution >= 4 is 5.71 Å². The molecule has 24 heavy (non-hydrogen) atoms. The van der Waals surface area contributed by atoms with E-state index >= 15 is 0 Å². The zero-order chi connectivity index (χ0) is 17.6. The number of benzene rings is 1. The van der Waals surface area contributed by atoms with Crippen molar-refractivity contribution in [3.63, 3.8) is 0 Å². The van der Waals surface area contributed by atoms with Crippen LogP contribution < -0.4 is 9.47 Å². The third-order valence-corrected chi connectivity index (χ3v) is 4.01. The van der Waals surface area contributed by atoms with Crippen LogP contribution in [-0.4, -0.2) is 24.1 Å². The highest BCUT2D eigenvalue weighted by atomic mass is 16.5. The Morgan fingerprint density at radius 1 is 0.917 bits per heavy atom. The van der Waals surface area contributed by atoms with Crippen molar-refractivity contribution in [3.05, 3.63) is 23.8 Å². The summed E-state index contributed by atoms with van der Waals surface area (Å²) in [5.41, 5.74) is 1.33. The molecule has 0 aliphatic heterocycles. The lowest BCUT2D eigenvalue weighted by Crippen LogP contribution is -2.05. The second-order valence-electron chi connectivity index (χ2n) is 6.16. The number of hydrogen-bond donors (Lipinski definition) is 1. The van der Waals surface area contributed by atoms with E-state index in [-0.39, 0.29) is 0 Å². The van der Waals surface area contributed by atoms with E-state index < -0.39 is 0 Å². The average Bonchev–Trinajstić information content (AvgIpc) is 2.61. The topological polar surface area (TPSA) is 51.0 Å². The summed E-state index contributed by atoms with van der Waals surface area (Å²) in [5, 5.41) is 12.4. The van der Waals surface area contributed by atoms with Gasteiger partial charge in [0.2, 0.25) is 0 Å². The van der Waals surface area contributed by atoms with Gasteiger partial charge < -0.3 is 14.7 Å². The normalized spacial score (nSPS) is 11.5. The minimum Gasteiger partial charge on any atom is -0.494 e. The van der Waals surface area contributed by atoms with E-state index in [2.05, 4.69) is 19.0 Å². The number of hydrogen-bond acceptors (Lipinski definition) is 4. The minimum absolute atomic E-state index is 0.537. The van der Waals surface area contributed by atoms with Crippen LogP contribution in [0.5, 0.6) is 11.5 Å². The molecule has 0 fully saturated rings. The third-order valence-electron chi connectivity index (χ3n) is 4.01. The summed E-state index contributed by atoms with van der Waals surface area (Å²) in [7, 11) is 0. The quantitative estimate of drug-likeness (QED) is 0.214. The Kier molecular flexibility index (Phi) is 10.7. The van der Waals surface area contributed by atoms with Crippen LogP contribution in [0, 0.1) is 0 Å². The Morgan fingerprint density at radius 3 is 2.12 bits per heavy atom. The Morgan fingerprint density at radius 2 is 1.54 bits per heavy atom. The van der Waals surface area contributed by atoms with E-state index in [9.17, 15) is 0 Å². The van der Waals surface area contributed by atoms with Crippen molar-refractivity contribution in [2.75, 3.05) is 13.2 Å². The van der Waals surface area contributed by atoms with Gasteiger partial charge in [-0.05, 0) is 38.0 Å². The maximum Gasteiger partial charge on any atom is 0.128 e. The fourth-order valence-corrected chi connectivity index (χ4v) is 2.49. The molecule has 0 saturated carbocycles. The number of nitrogens with zero attached hydrogens (tertiary/aromatic N) is 1. The monoisotopic (exact) mass is 335 g/mol. The first-order chi connectivity index (χ1) is 11.7. The molecule has 0 spiro atoms. The van der Waals surface area contributed by atoms with Gasteiger partial charge in [0, 0.05) is 5.56 Å². The van der Waals surface area contributed by atoms with Gasteiger partial charge in [0.05, 0.1) is 18.9 Å².